The average Bonchev–Trinajstić information content (AvgIpc) is 2.94. The van der Waals surface area contributed by atoms with Gasteiger partial charge in [0, 0.05) is 25.7 Å². The van der Waals surface area contributed by atoms with Crippen molar-refractivity contribution in [3.05, 3.63) is 24.2 Å². The van der Waals surface area contributed by atoms with E-state index in [9.17, 15) is 4.79 Å². The first-order valence-corrected chi connectivity index (χ1v) is 5.41. The first-order valence-electron chi connectivity index (χ1n) is 5.41. The van der Waals surface area contributed by atoms with Gasteiger partial charge in [-0.05, 0) is 24.5 Å². The Morgan fingerprint density at radius 3 is 3.27 bits per heavy atom. The van der Waals surface area contributed by atoms with Crippen molar-refractivity contribution in [2.45, 2.75) is 12.5 Å². The van der Waals surface area contributed by atoms with Gasteiger partial charge in [-0.25, -0.2) is 0 Å². The quantitative estimate of drug-likeness (QED) is 0.736. The van der Waals surface area contributed by atoms with E-state index in [0.29, 0.717) is 17.7 Å². The maximum Gasteiger partial charge on any atom is 0.289 e. The highest BCUT2D eigenvalue weighted by molar-refractivity contribution is 5.91. The summed E-state index contributed by atoms with van der Waals surface area (Å²) in [5.41, 5.74) is 0. The second-order valence-electron chi connectivity index (χ2n) is 4.25. The molecule has 15 heavy (non-hydrogen) atoms. The number of fused-ring (bicyclic) bond motifs is 1. The number of nitrogens with zero attached hydrogens (tertiary/aromatic N) is 1. The van der Waals surface area contributed by atoms with Crippen LogP contribution in [-0.2, 0) is 0 Å². The van der Waals surface area contributed by atoms with E-state index in [0.717, 1.165) is 26.1 Å². The van der Waals surface area contributed by atoms with Gasteiger partial charge in [-0.3, -0.25) is 4.79 Å². The highest BCUT2D eigenvalue weighted by Gasteiger charge is 2.40. The number of hydrogen-bond donors (Lipinski definition) is 1. The van der Waals surface area contributed by atoms with Crippen LogP contribution in [0.3, 0.4) is 0 Å². The summed E-state index contributed by atoms with van der Waals surface area (Å²) in [6, 6.07) is 3.87. The topological polar surface area (TPSA) is 45.5 Å². The Labute approximate surface area is 88.2 Å². The monoisotopic (exact) mass is 206 g/mol. The molecule has 2 aliphatic rings. The SMILES string of the molecule is O=C(c1ccco1)N1CC[C@H]2CNC[C@H]21. The van der Waals surface area contributed by atoms with Gasteiger partial charge in [-0.1, -0.05) is 0 Å². The van der Waals surface area contributed by atoms with Crippen molar-refractivity contribution >= 4 is 5.91 Å². The smallest absolute Gasteiger partial charge is 0.289 e. The van der Waals surface area contributed by atoms with Crippen LogP contribution in [0.15, 0.2) is 22.8 Å². The van der Waals surface area contributed by atoms with Gasteiger partial charge < -0.3 is 14.6 Å². The molecule has 0 saturated carbocycles. The summed E-state index contributed by atoms with van der Waals surface area (Å²) in [5.74, 6) is 1.14. The Morgan fingerprint density at radius 1 is 1.53 bits per heavy atom. The van der Waals surface area contributed by atoms with Crippen LogP contribution in [-0.4, -0.2) is 36.5 Å². The van der Waals surface area contributed by atoms with Crippen molar-refractivity contribution in [2.75, 3.05) is 19.6 Å². The molecule has 1 amide bonds. The van der Waals surface area contributed by atoms with Crippen LogP contribution in [0.25, 0.3) is 0 Å². The van der Waals surface area contributed by atoms with Gasteiger partial charge in [0.15, 0.2) is 5.76 Å². The number of carbonyl (C=O) groups excluding carboxylic acids is 1. The Kier molecular flexibility index (Phi) is 2.02. The van der Waals surface area contributed by atoms with Crippen LogP contribution < -0.4 is 5.32 Å². The molecule has 2 aliphatic heterocycles. The van der Waals surface area contributed by atoms with E-state index in [-0.39, 0.29) is 5.91 Å². The van der Waals surface area contributed by atoms with E-state index in [4.69, 9.17) is 4.42 Å². The standard InChI is InChI=1S/C11H14N2O2/c14-11(10-2-1-5-15-10)13-4-3-8-6-12-7-9(8)13/h1-2,5,8-9,12H,3-4,6-7H2/t8-,9+/m0/s1. The number of hydrogen-bond acceptors (Lipinski definition) is 3. The van der Waals surface area contributed by atoms with Crippen molar-refractivity contribution in [1.29, 1.82) is 0 Å². The van der Waals surface area contributed by atoms with Gasteiger partial charge in [-0.15, -0.1) is 0 Å². The molecule has 80 valence electrons. The molecule has 0 unspecified atom stereocenters. The lowest BCUT2D eigenvalue weighted by Crippen LogP contribution is -2.38. The first-order chi connectivity index (χ1) is 7.36. The Morgan fingerprint density at radius 2 is 2.47 bits per heavy atom. The molecule has 2 saturated heterocycles. The Bertz CT molecular complexity index is 361. The number of amides is 1. The van der Waals surface area contributed by atoms with E-state index in [1.165, 1.54) is 0 Å². The Balaban J connectivity index is 1.80. The Hall–Kier alpha value is -1.29. The van der Waals surface area contributed by atoms with Crippen molar-refractivity contribution in [3.63, 3.8) is 0 Å². The number of rotatable bonds is 1. The molecule has 4 nitrogen and oxygen atoms in total. The number of furan rings is 1. The molecule has 0 bridgehead atoms. The number of nitrogens with one attached hydrogen (secondary N) is 1. The minimum absolute atomic E-state index is 0.0381. The fraction of sp³-hybridized carbons (Fsp3) is 0.545. The third-order valence-corrected chi connectivity index (χ3v) is 3.44. The van der Waals surface area contributed by atoms with Crippen LogP contribution in [0, 0.1) is 5.92 Å². The third-order valence-electron chi connectivity index (χ3n) is 3.44. The molecule has 1 N–H and O–H groups in total. The maximum absolute atomic E-state index is 12.1. The zero-order chi connectivity index (χ0) is 10.3. The zero-order valence-electron chi connectivity index (χ0n) is 8.48. The van der Waals surface area contributed by atoms with E-state index < -0.39 is 0 Å². The molecule has 0 aromatic carbocycles. The van der Waals surface area contributed by atoms with Crippen molar-refractivity contribution < 1.29 is 9.21 Å². The zero-order valence-corrected chi connectivity index (χ0v) is 8.48. The molecule has 1 aromatic heterocycles. The van der Waals surface area contributed by atoms with Crippen molar-refractivity contribution in [1.82, 2.24) is 10.2 Å². The summed E-state index contributed by atoms with van der Waals surface area (Å²) in [7, 11) is 0. The largest absolute Gasteiger partial charge is 0.459 e. The normalized spacial score (nSPS) is 29.5. The van der Waals surface area contributed by atoms with Gasteiger partial charge in [-0.2, -0.15) is 0 Å². The van der Waals surface area contributed by atoms with Gasteiger partial charge in [0.25, 0.3) is 5.91 Å². The molecular formula is C11H14N2O2. The maximum atomic E-state index is 12.1. The second-order valence-corrected chi connectivity index (χ2v) is 4.25. The lowest BCUT2D eigenvalue weighted by Gasteiger charge is -2.22. The van der Waals surface area contributed by atoms with Crippen LogP contribution in [0.4, 0.5) is 0 Å². The molecule has 0 aliphatic carbocycles. The van der Waals surface area contributed by atoms with Crippen molar-refractivity contribution in [3.8, 4) is 0 Å². The summed E-state index contributed by atoms with van der Waals surface area (Å²) in [6.45, 7) is 2.85. The highest BCUT2D eigenvalue weighted by Crippen LogP contribution is 2.28. The van der Waals surface area contributed by atoms with Crippen LogP contribution >= 0.6 is 0 Å². The van der Waals surface area contributed by atoms with E-state index >= 15 is 0 Å². The minimum Gasteiger partial charge on any atom is -0.459 e. The first kappa shape index (κ1) is 8.97. The molecule has 1 aromatic rings. The summed E-state index contributed by atoms with van der Waals surface area (Å²) in [5, 5.41) is 3.33. The van der Waals surface area contributed by atoms with Crippen LogP contribution in [0.1, 0.15) is 17.0 Å². The molecule has 2 fully saturated rings. The van der Waals surface area contributed by atoms with E-state index in [2.05, 4.69) is 5.32 Å². The molecule has 3 heterocycles. The van der Waals surface area contributed by atoms with Crippen LogP contribution in [0.2, 0.25) is 0 Å². The van der Waals surface area contributed by atoms with Crippen molar-refractivity contribution in [2.24, 2.45) is 5.92 Å². The molecular weight excluding hydrogens is 192 g/mol. The summed E-state index contributed by atoms with van der Waals surface area (Å²) in [6.07, 6.45) is 2.66. The van der Waals surface area contributed by atoms with Gasteiger partial charge in [0.05, 0.1) is 6.26 Å². The summed E-state index contributed by atoms with van der Waals surface area (Å²) >= 11 is 0. The predicted octanol–water partition coefficient (Wildman–Crippen LogP) is 0.713. The highest BCUT2D eigenvalue weighted by atomic mass is 16.3. The molecule has 0 radical (unpaired) electrons. The number of carbonyl (C=O) groups is 1. The van der Waals surface area contributed by atoms with Gasteiger partial charge in [0.2, 0.25) is 0 Å². The molecule has 2 atom stereocenters. The minimum atomic E-state index is 0.0381. The number of likely N-dealkylation sites (tertiary alicyclic amines) is 1. The van der Waals surface area contributed by atoms with Gasteiger partial charge in [0.1, 0.15) is 0 Å². The third kappa shape index (κ3) is 1.36. The lowest BCUT2D eigenvalue weighted by atomic mass is 10.1. The lowest BCUT2D eigenvalue weighted by molar-refractivity contribution is 0.0705. The molecule has 0 spiro atoms. The van der Waals surface area contributed by atoms with E-state index in [1.807, 2.05) is 4.90 Å². The van der Waals surface area contributed by atoms with Crippen LogP contribution in [0.5, 0.6) is 0 Å². The second kappa shape index (κ2) is 3.38. The van der Waals surface area contributed by atoms with Gasteiger partial charge >= 0.3 is 0 Å². The molecule has 4 heteroatoms. The fourth-order valence-corrected chi connectivity index (χ4v) is 2.64. The molecule has 3 rings (SSSR count). The average molecular weight is 206 g/mol. The van der Waals surface area contributed by atoms with E-state index in [1.54, 1.807) is 18.4 Å². The fourth-order valence-electron chi connectivity index (χ4n) is 2.64. The summed E-state index contributed by atoms with van der Waals surface area (Å²) in [4.78, 5) is 14.0. The summed E-state index contributed by atoms with van der Waals surface area (Å²) < 4.78 is 5.14. The predicted molar refractivity (Wildman–Crippen MR) is 54.5 cm³/mol.